The number of esters is 1. The minimum absolute atomic E-state index is 0.150. The average molecular weight is 241 g/mol. The van der Waals surface area contributed by atoms with Crippen molar-refractivity contribution >= 4 is 5.97 Å². The summed E-state index contributed by atoms with van der Waals surface area (Å²) in [5.41, 5.74) is -0.436. The second-order valence-electron chi connectivity index (χ2n) is 5.89. The van der Waals surface area contributed by atoms with E-state index in [0.717, 1.165) is 6.42 Å². The van der Waals surface area contributed by atoms with Crippen LogP contribution in [0.15, 0.2) is 12.7 Å². The van der Waals surface area contributed by atoms with Gasteiger partial charge in [-0.3, -0.25) is 10.1 Å². The van der Waals surface area contributed by atoms with E-state index in [1.54, 1.807) is 0 Å². The third kappa shape index (κ3) is 7.97. The van der Waals surface area contributed by atoms with E-state index in [2.05, 4.69) is 25.7 Å². The van der Waals surface area contributed by atoms with E-state index in [1.165, 1.54) is 0 Å². The molecule has 0 spiro atoms. The average Bonchev–Trinajstić information content (AvgIpc) is 2.13. The molecule has 0 unspecified atom stereocenters. The zero-order chi connectivity index (χ0) is 13.6. The lowest BCUT2D eigenvalue weighted by atomic mass is 10.0. The monoisotopic (exact) mass is 241 g/mol. The van der Waals surface area contributed by atoms with Gasteiger partial charge in [-0.25, -0.2) is 0 Å². The Bertz CT molecular complexity index is 253. The molecule has 17 heavy (non-hydrogen) atoms. The molecular weight excluding hydrogens is 214 g/mol. The van der Waals surface area contributed by atoms with Gasteiger partial charge in [0.05, 0.1) is 0 Å². The molecule has 0 fully saturated rings. The lowest BCUT2D eigenvalue weighted by Crippen LogP contribution is -2.44. The maximum atomic E-state index is 11.8. The van der Waals surface area contributed by atoms with E-state index in [1.807, 2.05) is 33.8 Å². The molecule has 0 saturated heterocycles. The molecule has 0 heterocycles. The first-order chi connectivity index (χ1) is 7.65. The van der Waals surface area contributed by atoms with Gasteiger partial charge in [-0.1, -0.05) is 19.9 Å². The van der Waals surface area contributed by atoms with Crippen molar-refractivity contribution in [3.8, 4) is 0 Å². The van der Waals surface area contributed by atoms with Crippen LogP contribution in [0.25, 0.3) is 0 Å². The van der Waals surface area contributed by atoms with E-state index in [4.69, 9.17) is 4.74 Å². The predicted molar refractivity (Wildman–Crippen MR) is 71.9 cm³/mol. The lowest BCUT2D eigenvalue weighted by molar-refractivity contribution is -0.157. The van der Waals surface area contributed by atoms with Crippen molar-refractivity contribution in [2.24, 2.45) is 5.92 Å². The van der Waals surface area contributed by atoms with E-state index in [-0.39, 0.29) is 18.1 Å². The molecule has 0 amide bonds. The molecule has 0 aliphatic carbocycles. The first-order valence-electron chi connectivity index (χ1n) is 6.27. The fraction of sp³-hybridized carbons (Fsp3) is 0.786. The summed E-state index contributed by atoms with van der Waals surface area (Å²) in [6.07, 6.45) is 2.82. The molecule has 2 atom stereocenters. The number of carbonyl (C=O) groups excluding carboxylic acids is 1. The first kappa shape index (κ1) is 16.2. The summed E-state index contributed by atoms with van der Waals surface area (Å²) in [5, 5.41) is 3.23. The molecular formula is C14H27NO2. The molecule has 0 aliphatic rings. The van der Waals surface area contributed by atoms with Gasteiger partial charge in [0.25, 0.3) is 0 Å². The van der Waals surface area contributed by atoms with E-state index in [0.29, 0.717) is 5.92 Å². The summed E-state index contributed by atoms with van der Waals surface area (Å²) in [4.78, 5) is 11.8. The van der Waals surface area contributed by atoms with Gasteiger partial charge in [-0.15, -0.1) is 6.58 Å². The van der Waals surface area contributed by atoms with Crippen LogP contribution in [-0.4, -0.2) is 23.7 Å². The van der Waals surface area contributed by atoms with Gasteiger partial charge >= 0.3 is 5.97 Å². The van der Waals surface area contributed by atoms with Gasteiger partial charge in [0.1, 0.15) is 11.6 Å². The Hall–Kier alpha value is -0.830. The summed E-state index contributed by atoms with van der Waals surface area (Å²) in [6, 6.07) is -0.159. The number of carbonyl (C=O) groups is 1. The van der Waals surface area contributed by atoms with Gasteiger partial charge < -0.3 is 4.74 Å². The van der Waals surface area contributed by atoms with Crippen molar-refractivity contribution in [1.82, 2.24) is 5.32 Å². The second kappa shape index (κ2) is 6.80. The molecule has 0 aliphatic heterocycles. The first-order valence-corrected chi connectivity index (χ1v) is 6.27. The number of nitrogens with one attached hydrogen (secondary N) is 1. The standard InChI is InChI=1S/C14H27NO2/c1-8-12(9-10(2)3)15-11(4)13(16)17-14(5,6)7/h8,10-12,15H,1,9H2,2-7H3/t11-,12-/m0/s1. The molecule has 100 valence electrons. The van der Waals surface area contributed by atoms with Crippen LogP contribution in [0.2, 0.25) is 0 Å². The van der Waals surface area contributed by atoms with Crippen molar-refractivity contribution < 1.29 is 9.53 Å². The van der Waals surface area contributed by atoms with Gasteiger partial charge in [-0.05, 0) is 40.0 Å². The highest BCUT2D eigenvalue weighted by Gasteiger charge is 2.23. The largest absolute Gasteiger partial charge is 0.459 e. The molecule has 3 nitrogen and oxygen atoms in total. The quantitative estimate of drug-likeness (QED) is 0.574. The normalized spacial score (nSPS) is 15.5. The molecule has 3 heteroatoms. The highest BCUT2D eigenvalue weighted by atomic mass is 16.6. The molecule has 0 aromatic heterocycles. The van der Waals surface area contributed by atoms with Crippen LogP contribution in [0.3, 0.4) is 0 Å². The van der Waals surface area contributed by atoms with Crippen molar-refractivity contribution in [3.05, 3.63) is 12.7 Å². The molecule has 0 saturated carbocycles. The summed E-state index contributed by atoms with van der Waals surface area (Å²) in [7, 11) is 0. The predicted octanol–water partition coefficient (Wildman–Crippen LogP) is 2.91. The Kier molecular flexibility index (Phi) is 6.46. The van der Waals surface area contributed by atoms with Crippen LogP contribution in [0.5, 0.6) is 0 Å². The van der Waals surface area contributed by atoms with Crippen LogP contribution in [0, 0.1) is 5.92 Å². The SMILES string of the molecule is C=C[C@@H](CC(C)C)N[C@@H](C)C(=O)OC(C)(C)C. The zero-order valence-corrected chi connectivity index (χ0v) is 12.0. The fourth-order valence-corrected chi connectivity index (χ4v) is 1.52. The molecule has 0 bridgehead atoms. The summed E-state index contributed by atoms with van der Waals surface area (Å²) in [5.74, 6) is 0.351. The Morgan fingerprint density at radius 3 is 2.24 bits per heavy atom. The number of rotatable bonds is 6. The van der Waals surface area contributed by atoms with Gasteiger partial charge in [-0.2, -0.15) is 0 Å². The van der Waals surface area contributed by atoms with Crippen molar-refractivity contribution in [1.29, 1.82) is 0 Å². The van der Waals surface area contributed by atoms with Gasteiger partial charge in [0.2, 0.25) is 0 Å². The number of ether oxygens (including phenoxy) is 1. The minimum Gasteiger partial charge on any atom is -0.459 e. The van der Waals surface area contributed by atoms with Crippen molar-refractivity contribution in [2.75, 3.05) is 0 Å². The van der Waals surface area contributed by atoms with E-state index < -0.39 is 5.60 Å². The van der Waals surface area contributed by atoms with Crippen LogP contribution < -0.4 is 5.32 Å². The van der Waals surface area contributed by atoms with Gasteiger partial charge in [0, 0.05) is 6.04 Å². The molecule has 1 N–H and O–H groups in total. The van der Waals surface area contributed by atoms with Gasteiger partial charge in [0.15, 0.2) is 0 Å². The van der Waals surface area contributed by atoms with E-state index in [9.17, 15) is 4.79 Å². The van der Waals surface area contributed by atoms with Crippen molar-refractivity contribution in [3.63, 3.8) is 0 Å². The van der Waals surface area contributed by atoms with Crippen LogP contribution in [0.4, 0.5) is 0 Å². The number of hydrogen-bond acceptors (Lipinski definition) is 3. The number of hydrogen-bond donors (Lipinski definition) is 1. The Balaban J connectivity index is 4.26. The maximum absolute atomic E-state index is 11.8. The molecule has 0 aromatic carbocycles. The third-order valence-corrected chi connectivity index (χ3v) is 2.23. The topological polar surface area (TPSA) is 38.3 Å². The fourth-order valence-electron chi connectivity index (χ4n) is 1.52. The molecule has 0 rings (SSSR count). The third-order valence-electron chi connectivity index (χ3n) is 2.23. The van der Waals surface area contributed by atoms with Crippen molar-refractivity contribution in [2.45, 2.75) is 65.6 Å². The van der Waals surface area contributed by atoms with Crippen LogP contribution in [0.1, 0.15) is 48.0 Å². The maximum Gasteiger partial charge on any atom is 0.323 e. The smallest absolute Gasteiger partial charge is 0.323 e. The summed E-state index contributed by atoms with van der Waals surface area (Å²) < 4.78 is 5.31. The summed E-state index contributed by atoms with van der Waals surface area (Å²) in [6.45, 7) is 15.5. The second-order valence-corrected chi connectivity index (χ2v) is 5.89. The van der Waals surface area contributed by atoms with Crippen LogP contribution >= 0.6 is 0 Å². The highest BCUT2D eigenvalue weighted by Crippen LogP contribution is 2.10. The minimum atomic E-state index is -0.436. The molecule has 0 aromatic rings. The van der Waals surface area contributed by atoms with E-state index >= 15 is 0 Å². The highest BCUT2D eigenvalue weighted by molar-refractivity contribution is 5.75. The lowest BCUT2D eigenvalue weighted by Gasteiger charge is -2.25. The molecule has 0 radical (unpaired) electrons. The summed E-state index contributed by atoms with van der Waals surface area (Å²) >= 11 is 0. The Labute approximate surface area is 106 Å². The zero-order valence-electron chi connectivity index (χ0n) is 12.0. The van der Waals surface area contributed by atoms with Crippen LogP contribution in [-0.2, 0) is 9.53 Å². The Morgan fingerprint density at radius 2 is 1.88 bits per heavy atom. The Morgan fingerprint density at radius 1 is 1.35 bits per heavy atom.